The van der Waals surface area contributed by atoms with Crippen molar-refractivity contribution in [2.75, 3.05) is 26.1 Å². The van der Waals surface area contributed by atoms with Crippen LogP contribution in [0.5, 0.6) is 11.5 Å². The molecule has 2 heterocycles. The van der Waals surface area contributed by atoms with Gasteiger partial charge < -0.3 is 24.9 Å². The first-order chi connectivity index (χ1) is 11.6. The van der Waals surface area contributed by atoms with Crippen LogP contribution in [0.25, 0.3) is 16.9 Å². The molecule has 3 rings (SSSR count). The second-order valence-electron chi connectivity index (χ2n) is 5.13. The maximum absolute atomic E-state index is 11.4. The van der Waals surface area contributed by atoms with E-state index in [1.54, 1.807) is 26.5 Å². The van der Waals surface area contributed by atoms with Crippen molar-refractivity contribution in [2.24, 2.45) is 5.73 Å². The molecule has 0 aliphatic carbocycles. The van der Waals surface area contributed by atoms with Crippen LogP contribution in [0.1, 0.15) is 0 Å². The van der Waals surface area contributed by atoms with Gasteiger partial charge in [-0.1, -0.05) is 0 Å². The van der Waals surface area contributed by atoms with Crippen molar-refractivity contribution >= 4 is 17.2 Å². The third kappa shape index (κ3) is 3.02. The standard InChI is InChI=1S/C17H18N4O3/c1-23-12-4-5-15(24-2)13(7-12)14-10-21-9-11(19-17(22)8-18)3-6-16(21)20-14/h3-7,9-10H,8,18H2,1-2H3,(H,19,22). The molecule has 0 saturated heterocycles. The van der Waals surface area contributed by atoms with Crippen LogP contribution in [0.3, 0.4) is 0 Å². The van der Waals surface area contributed by atoms with E-state index in [9.17, 15) is 4.79 Å². The van der Waals surface area contributed by atoms with Crippen molar-refractivity contribution in [1.82, 2.24) is 9.38 Å². The Morgan fingerprint density at radius 3 is 2.75 bits per heavy atom. The number of pyridine rings is 1. The molecular weight excluding hydrogens is 308 g/mol. The highest BCUT2D eigenvalue weighted by atomic mass is 16.5. The maximum Gasteiger partial charge on any atom is 0.238 e. The number of hydrogen-bond acceptors (Lipinski definition) is 5. The van der Waals surface area contributed by atoms with Crippen molar-refractivity contribution in [2.45, 2.75) is 0 Å². The smallest absolute Gasteiger partial charge is 0.238 e. The molecule has 0 radical (unpaired) electrons. The van der Waals surface area contributed by atoms with Gasteiger partial charge in [-0.2, -0.15) is 0 Å². The number of anilines is 1. The molecule has 1 amide bonds. The first-order valence-electron chi connectivity index (χ1n) is 7.35. The van der Waals surface area contributed by atoms with Crippen molar-refractivity contribution < 1.29 is 14.3 Å². The van der Waals surface area contributed by atoms with Gasteiger partial charge in [0.25, 0.3) is 0 Å². The van der Waals surface area contributed by atoms with E-state index in [0.29, 0.717) is 11.4 Å². The summed E-state index contributed by atoms with van der Waals surface area (Å²) in [5.74, 6) is 1.18. The predicted octanol–water partition coefficient (Wildman–Crippen LogP) is 1.92. The monoisotopic (exact) mass is 326 g/mol. The summed E-state index contributed by atoms with van der Waals surface area (Å²) in [4.78, 5) is 16.0. The van der Waals surface area contributed by atoms with E-state index >= 15 is 0 Å². The fourth-order valence-electron chi connectivity index (χ4n) is 2.42. The SMILES string of the molecule is COc1ccc(OC)c(-c2cn3cc(NC(=O)CN)ccc3n2)c1. The lowest BCUT2D eigenvalue weighted by Crippen LogP contribution is -2.21. The molecule has 24 heavy (non-hydrogen) atoms. The van der Waals surface area contributed by atoms with Gasteiger partial charge in [-0.15, -0.1) is 0 Å². The molecule has 0 spiro atoms. The molecule has 0 bridgehead atoms. The number of hydrogen-bond donors (Lipinski definition) is 2. The van der Waals surface area contributed by atoms with Gasteiger partial charge in [-0.05, 0) is 30.3 Å². The van der Waals surface area contributed by atoms with Gasteiger partial charge in [0, 0.05) is 18.0 Å². The third-order valence-corrected chi connectivity index (χ3v) is 3.60. The number of aromatic nitrogens is 2. The number of imidazole rings is 1. The highest BCUT2D eigenvalue weighted by molar-refractivity contribution is 5.92. The second kappa shape index (κ2) is 6.59. The van der Waals surface area contributed by atoms with Crippen LogP contribution in [-0.4, -0.2) is 36.1 Å². The Kier molecular flexibility index (Phi) is 4.35. The Hall–Kier alpha value is -3.06. The van der Waals surface area contributed by atoms with Crippen LogP contribution < -0.4 is 20.5 Å². The Bertz CT molecular complexity index is 889. The van der Waals surface area contributed by atoms with Crippen LogP contribution in [-0.2, 0) is 4.79 Å². The Labute approximate surface area is 139 Å². The van der Waals surface area contributed by atoms with Crippen LogP contribution >= 0.6 is 0 Å². The number of rotatable bonds is 5. The summed E-state index contributed by atoms with van der Waals surface area (Å²) < 4.78 is 12.5. The number of amides is 1. The lowest BCUT2D eigenvalue weighted by molar-refractivity contribution is -0.114. The first-order valence-corrected chi connectivity index (χ1v) is 7.35. The van der Waals surface area contributed by atoms with Gasteiger partial charge >= 0.3 is 0 Å². The summed E-state index contributed by atoms with van der Waals surface area (Å²) in [6, 6.07) is 9.14. The zero-order valence-electron chi connectivity index (χ0n) is 13.4. The summed E-state index contributed by atoms with van der Waals surface area (Å²) in [5, 5.41) is 2.72. The predicted molar refractivity (Wildman–Crippen MR) is 91.4 cm³/mol. The Balaban J connectivity index is 2.03. The number of carbonyl (C=O) groups excluding carboxylic acids is 1. The summed E-state index contributed by atoms with van der Waals surface area (Å²) in [7, 11) is 3.23. The summed E-state index contributed by atoms with van der Waals surface area (Å²) >= 11 is 0. The van der Waals surface area contributed by atoms with Gasteiger partial charge in [0.1, 0.15) is 17.1 Å². The highest BCUT2D eigenvalue weighted by Crippen LogP contribution is 2.33. The van der Waals surface area contributed by atoms with Gasteiger partial charge in [0.15, 0.2) is 0 Å². The molecular formula is C17H18N4O3. The average Bonchev–Trinajstić information content (AvgIpc) is 3.04. The van der Waals surface area contributed by atoms with E-state index in [1.165, 1.54) is 0 Å². The molecule has 3 N–H and O–H groups in total. The maximum atomic E-state index is 11.4. The van der Waals surface area contributed by atoms with Gasteiger partial charge in [0.05, 0.1) is 32.1 Å². The minimum atomic E-state index is -0.246. The Morgan fingerprint density at radius 2 is 2.04 bits per heavy atom. The molecule has 1 aromatic carbocycles. The van der Waals surface area contributed by atoms with E-state index in [1.807, 2.05) is 34.9 Å². The molecule has 7 heteroatoms. The number of nitrogens with one attached hydrogen (secondary N) is 1. The summed E-state index contributed by atoms with van der Waals surface area (Å²) in [6.07, 6.45) is 3.65. The van der Waals surface area contributed by atoms with Gasteiger partial charge in [-0.3, -0.25) is 4.79 Å². The largest absolute Gasteiger partial charge is 0.497 e. The lowest BCUT2D eigenvalue weighted by atomic mass is 10.1. The van der Waals surface area contributed by atoms with E-state index in [2.05, 4.69) is 10.3 Å². The van der Waals surface area contributed by atoms with Crippen LogP contribution in [0, 0.1) is 0 Å². The molecule has 0 fully saturated rings. The van der Waals surface area contributed by atoms with E-state index in [4.69, 9.17) is 15.2 Å². The highest BCUT2D eigenvalue weighted by Gasteiger charge is 2.12. The lowest BCUT2D eigenvalue weighted by Gasteiger charge is -2.08. The number of carbonyl (C=O) groups is 1. The van der Waals surface area contributed by atoms with Crippen molar-refractivity contribution in [3.05, 3.63) is 42.7 Å². The van der Waals surface area contributed by atoms with Crippen LogP contribution in [0.4, 0.5) is 5.69 Å². The number of nitrogens with zero attached hydrogens (tertiary/aromatic N) is 2. The van der Waals surface area contributed by atoms with Crippen molar-refractivity contribution in [3.8, 4) is 22.8 Å². The topological polar surface area (TPSA) is 90.9 Å². The number of fused-ring (bicyclic) bond motifs is 1. The van der Waals surface area contributed by atoms with E-state index < -0.39 is 0 Å². The van der Waals surface area contributed by atoms with Crippen molar-refractivity contribution in [1.29, 1.82) is 0 Å². The normalized spacial score (nSPS) is 10.6. The molecule has 3 aromatic rings. The number of benzene rings is 1. The first kappa shape index (κ1) is 15.8. The molecule has 0 aliphatic heterocycles. The fraction of sp³-hybridized carbons (Fsp3) is 0.176. The second-order valence-corrected chi connectivity index (χ2v) is 5.13. The van der Waals surface area contributed by atoms with Crippen LogP contribution in [0.2, 0.25) is 0 Å². The minimum Gasteiger partial charge on any atom is -0.497 e. The van der Waals surface area contributed by atoms with Crippen molar-refractivity contribution in [3.63, 3.8) is 0 Å². The number of nitrogens with two attached hydrogens (primary N) is 1. The molecule has 124 valence electrons. The molecule has 0 atom stereocenters. The van der Waals surface area contributed by atoms with Gasteiger partial charge in [0.2, 0.25) is 5.91 Å². The summed E-state index contributed by atoms with van der Waals surface area (Å²) in [5.41, 5.74) is 8.29. The number of ether oxygens (including phenoxy) is 2. The average molecular weight is 326 g/mol. The molecule has 0 aliphatic rings. The molecule has 2 aromatic heterocycles. The van der Waals surface area contributed by atoms with Crippen LogP contribution in [0.15, 0.2) is 42.7 Å². The zero-order chi connectivity index (χ0) is 17.1. The molecule has 7 nitrogen and oxygen atoms in total. The Morgan fingerprint density at radius 1 is 1.21 bits per heavy atom. The van der Waals surface area contributed by atoms with E-state index in [-0.39, 0.29) is 12.5 Å². The third-order valence-electron chi connectivity index (χ3n) is 3.60. The van der Waals surface area contributed by atoms with Gasteiger partial charge in [-0.25, -0.2) is 4.98 Å². The van der Waals surface area contributed by atoms with E-state index in [0.717, 1.165) is 22.7 Å². The quantitative estimate of drug-likeness (QED) is 0.747. The molecule has 0 unspecified atom stereocenters. The minimum absolute atomic E-state index is 0.0613. The zero-order valence-corrected chi connectivity index (χ0v) is 13.4. The summed E-state index contributed by atoms with van der Waals surface area (Å²) in [6.45, 7) is -0.0613. The fourth-order valence-corrected chi connectivity index (χ4v) is 2.42. The number of methoxy groups -OCH3 is 2. The molecule has 0 saturated carbocycles.